The lowest BCUT2D eigenvalue weighted by molar-refractivity contribution is -0.113. The Morgan fingerprint density at radius 3 is 2.89 bits per heavy atom. The Balaban J connectivity index is 1.73. The Labute approximate surface area is 168 Å². The van der Waals surface area contributed by atoms with Gasteiger partial charge in [0, 0.05) is 11.3 Å². The first-order chi connectivity index (χ1) is 13.6. The van der Waals surface area contributed by atoms with Gasteiger partial charge in [-0.2, -0.15) is 4.98 Å². The van der Waals surface area contributed by atoms with E-state index in [1.807, 2.05) is 25.1 Å². The van der Waals surface area contributed by atoms with E-state index in [9.17, 15) is 14.7 Å². The average Bonchev–Trinajstić information content (AvgIpc) is 2.70. The van der Waals surface area contributed by atoms with Crippen molar-refractivity contribution < 1.29 is 14.6 Å². The number of fused-ring (bicyclic) bond motifs is 1. The Bertz CT molecular complexity index is 898. The van der Waals surface area contributed by atoms with E-state index in [0.29, 0.717) is 23.1 Å². The van der Waals surface area contributed by atoms with E-state index in [-0.39, 0.29) is 30.5 Å². The van der Waals surface area contributed by atoms with Crippen LogP contribution >= 0.6 is 11.8 Å². The highest BCUT2D eigenvalue weighted by Crippen LogP contribution is 2.29. The van der Waals surface area contributed by atoms with Gasteiger partial charge in [-0.25, -0.2) is 4.79 Å². The third-order valence-corrected chi connectivity index (χ3v) is 5.59. The first kappa shape index (κ1) is 20.4. The Morgan fingerprint density at radius 1 is 1.32 bits per heavy atom. The smallest absolute Gasteiger partial charge is 0.348 e. The molecule has 0 fully saturated rings. The zero-order valence-electron chi connectivity index (χ0n) is 15.9. The maximum Gasteiger partial charge on any atom is 0.348 e. The van der Waals surface area contributed by atoms with Crippen molar-refractivity contribution in [3.05, 3.63) is 46.0 Å². The topological polar surface area (TPSA) is 93.5 Å². The van der Waals surface area contributed by atoms with Crippen molar-refractivity contribution in [1.82, 2.24) is 9.55 Å². The molecule has 1 amide bonds. The van der Waals surface area contributed by atoms with Gasteiger partial charge in [-0.05, 0) is 44.7 Å². The summed E-state index contributed by atoms with van der Waals surface area (Å²) in [4.78, 5) is 29.0. The van der Waals surface area contributed by atoms with Gasteiger partial charge >= 0.3 is 5.69 Å². The molecule has 2 aromatic rings. The molecule has 150 valence electrons. The van der Waals surface area contributed by atoms with Gasteiger partial charge in [-0.1, -0.05) is 23.9 Å². The van der Waals surface area contributed by atoms with Gasteiger partial charge in [0.25, 0.3) is 0 Å². The number of hydrogen-bond acceptors (Lipinski definition) is 6. The first-order valence-corrected chi connectivity index (χ1v) is 10.5. The second kappa shape index (κ2) is 9.75. The van der Waals surface area contributed by atoms with E-state index in [1.165, 1.54) is 11.8 Å². The van der Waals surface area contributed by atoms with Crippen molar-refractivity contribution in [1.29, 1.82) is 0 Å². The molecular weight excluding hydrogens is 378 g/mol. The van der Waals surface area contributed by atoms with Crippen molar-refractivity contribution in [2.24, 2.45) is 0 Å². The van der Waals surface area contributed by atoms with Crippen LogP contribution in [0.15, 0.2) is 34.1 Å². The van der Waals surface area contributed by atoms with Crippen molar-refractivity contribution in [2.45, 2.75) is 44.2 Å². The summed E-state index contributed by atoms with van der Waals surface area (Å²) >= 11 is 1.28. The lowest BCUT2D eigenvalue weighted by atomic mass is 9.97. The minimum absolute atomic E-state index is 0.0951. The number of rotatable bonds is 8. The fraction of sp³-hybridized carbons (Fsp3) is 0.450. The molecular formula is C20H25N3O4S. The molecule has 1 aliphatic rings. The minimum Gasteiger partial charge on any atom is -0.492 e. The van der Waals surface area contributed by atoms with Crippen LogP contribution in [0.25, 0.3) is 0 Å². The summed E-state index contributed by atoms with van der Waals surface area (Å²) in [6.07, 6.45) is 3.69. The van der Waals surface area contributed by atoms with Gasteiger partial charge in [0.2, 0.25) is 5.91 Å². The Morgan fingerprint density at radius 2 is 2.11 bits per heavy atom. The second-order valence-electron chi connectivity index (χ2n) is 6.47. The van der Waals surface area contributed by atoms with Crippen molar-refractivity contribution in [2.75, 3.05) is 24.3 Å². The maximum absolute atomic E-state index is 12.4. The van der Waals surface area contributed by atoms with Crippen LogP contribution in [-0.2, 0) is 24.2 Å². The number of aliphatic hydroxyl groups excluding tert-OH is 1. The molecule has 1 aliphatic carbocycles. The highest BCUT2D eigenvalue weighted by atomic mass is 32.2. The number of nitrogens with zero attached hydrogens (tertiary/aromatic N) is 2. The van der Waals surface area contributed by atoms with Crippen LogP contribution < -0.4 is 15.7 Å². The highest BCUT2D eigenvalue weighted by molar-refractivity contribution is 8.00. The second-order valence-corrected chi connectivity index (χ2v) is 7.44. The number of carbonyl (C=O) groups excluding carboxylic acids is 1. The number of aliphatic hydroxyl groups is 1. The number of nitrogens with one attached hydrogen (secondary N) is 1. The number of benzene rings is 1. The van der Waals surface area contributed by atoms with Crippen LogP contribution in [0.3, 0.4) is 0 Å². The number of carbonyl (C=O) groups is 1. The predicted octanol–water partition coefficient (Wildman–Crippen LogP) is 2.24. The van der Waals surface area contributed by atoms with Gasteiger partial charge in [-0.15, -0.1) is 0 Å². The third kappa shape index (κ3) is 4.74. The average molecular weight is 404 g/mol. The molecule has 2 N–H and O–H groups in total. The summed E-state index contributed by atoms with van der Waals surface area (Å²) in [7, 11) is 0. The van der Waals surface area contributed by atoms with Crippen LogP contribution in [0.1, 0.15) is 31.0 Å². The van der Waals surface area contributed by atoms with Gasteiger partial charge < -0.3 is 15.2 Å². The van der Waals surface area contributed by atoms with Crippen LogP contribution in [0.5, 0.6) is 5.75 Å². The molecule has 1 aromatic heterocycles. The van der Waals surface area contributed by atoms with Crippen LogP contribution in [0.2, 0.25) is 0 Å². The molecule has 0 spiro atoms. The highest BCUT2D eigenvalue weighted by Gasteiger charge is 2.21. The van der Waals surface area contributed by atoms with Gasteiger partial charge in [0.15, 0.2) is 0 Å². The lowest BCUT2D eigenvalue weighted by Crippen LogP contribution is -2.31. The molecule has 0 aliphatic heterocycles. The lowest BCUT2D eigenvalue weighted by Gasteiger charge is -2.22. The van der Waals surface area contributed by atoms with Gasteiger partial charge in [0.1, 0.15) is 10.8 Å². The Hall–Kier alpha value is -2.32. The molecule has 0 unspecified atom stereocenters. The molecule has 8 heteroatoms. The number of ether oxygens (including phenoxy) is 1. The molecule has 0 saturated carbocycles. The van der Waals surface area contributed by atoms with E-state index in [4.69, 9.17) is 4.74 Å². The van der Waals surface area contributed by atoms with Crippen LogP contribution in [0, 0.1) is 0 Å². The number of para-hydroxylation sites is 2. The number of thioether (sulfide) groups is 1. The molecule has 7 nitrogen and oxygen atoms in total. The number of anilines is 1. The quantitative estimate of drug-likeness (QED) is 0.519. The number of aromatic nitrogens is 2. The van der Waals surface area contributed by atoms with Gasteiger partial charge in [-0.3, -0.25) is 9.36 Å². The monoisotopic (exact) mass is 403 g/mol. The first-order valence-electron chi connectivity index (χ1n) is 9.52. The zero-order valence-corrected chi connectivity index (χ0v) is 16.8. The standard InChI is InChI=1S/C20H25N3O4S/c1-2-27-17-10-6-4-8-15(17)21-18(25)13-28-19-14-7-3-5-9-16(14)23(11-12-24)20(26)22-19/h4,6,8,10,24H,2-3,5,7,9,11-13H2,1H3,(H,21,25). The summed E-state index contributed by atoms with van der Waals surface area (Å²) in [5.74, 6) is 0.608. The van der Waals surface area contributed by atoms with Crippen molar-refractivity contribution in [3.63, 3.8) is 0 Å². The molecule has 0 atom stereocenters. The fourth-order valence-electron chi connectivity index (χ4n) is 3.37. The Kier molecular flexibility index (Phi) is 7.11. The SMILES string of the molecule is CCOc1ccccc1NC(=O)CSc1nc(=O)n(CCO)c2c1CCCC2. The third-order valence-electron chi connectivity index (χ3n) is 4.58. The molecule has 28 heavy (non-hydrogen) atoms. The molecule has 0 bridgehead atoms. The van der Waals surface area contributed by atoms with E-state index < -0.39 is 0 Å². The molecule has 1 heterocycles. The van der Waals surface area contributed by atoms with Gasteiger partial charge in [0.05, 0.1) is 31.2 Å². The number of hydrogen-bond donors (Lipinski definition) is 2. The van der Waals surface area contributed by atoms with Crippen molar-refractivity contribution >= 4 is 23.4 Å². The fourth-order valence-corrected chi connectivity index (χ4v) is 4.25. The largest absolute Gasteiger partial charge is 0.492 e. The summed E-state index contributed by atoms with van der Waals surface area (Å²) in [6, 6.07) is 7.30. The van der Waals surface area contributed by atoms with Crippen LogP contribution in [-0.4, -0.2) is 39.5 Å². The van der Waals surface area contributed by atoms with Crippen molar-refractivity contribution in [3.8, 4) is 5.75 Å². The molecule has 1 aromatic carbocycles. The minimum atomic E-state index is -0.362. The van der Waals surface area contributed by atoms with E-state index in [0.717, 1.165) is 36.9 Å². The number of amides is 1. The summed E-state index contributed by atoms with van der Waals surface area (Å²) in [5, 5.41) is 12.7. The normalized spacial score (nSPS) is 13.1. The zero-order chi connectivity index (χ0) is 19.9. The molecule has 3 rings (SSSR count). The predicted molar refractivity (Wildman–Crippen MR) is 109 cm³/mol. The summed E-state index contributed by atoms with van der Waals surface area (Å²) in [5.41, 5.74) is 2.25. The van der Waals surface area contributed by atoms with E-state index >= 15 is 0 Å². The van der Waals surface area contributed by atoms with Crippen LogP contribution in [0.4, 0.5) is 5.69 Å². The molecule has 0 saturated heterocycles. The summed E-state index contributed by atoms with van der Waals surface area (Å²) < 4.78 is 7.09. The maximum atomic E-state index is 12.4. The summed E-state index contributed by atoms with van der Waals surface area (Å²) in [6.45, 7) is 2.57. The molecule has 0 radical (unpaired) electrons. The van der Waals surface area contributed by atoms with E-state index in [2.05, 4.69) is 10.3 Å². The van der Waals surface area contributed by atoms with E-state index in [1.54, 1.807) is 10.6 Å².